The largest absolute Gasteiger partial charge is 0.497 e. The first kappa shape index (κ1) is 18.9. The number of nitrogens with zero attached hydrogens (tertiary/aromatic N) is 1. The summed E-state index contributed by atoms with van der Waals surface area (Å²) in [7, 11) is 7.66. The molecule has 1 N–H and O–H groups in total. The second kappa shape index (κ2) is 11.7. The molecule has 1 aliphatic rings. The van der Waals surface area contributed by atoms with Crippen LogP contribution in [0.1, 0.15) is 32.6 Å². The summed E-state index contributed by atoms with van der Waals surface area (Å²) in [6, 6.07) is 9.68. The maximum atomic E-state index is 9.18. The van der Waals surface area contributed by atoms with Crippen molar-refractivity contribution >= 4 is 0 Å². The zero-order chi connectivity index (χ0) is 15.4. The first-order valence-electron chi connectivity index (χ1n) is 7.35. The molecule has 0 saturated heterocycles. The second-order valence-corrected chi connectivity index (χ2v) is 5.69. The number of aliphatic hydroxyl groups excluding tert-OH is 1. The van der Waals surface area contributed by atoms with E-state index in [-0.39, 0.29) is 6.10 Å². The molecule has 0 amide bonds. The molecule has 2 rings (SSSR count). The summed E-state index contributed by atoms with van der Waals surface area (Å²) in [5.74, 6) is 1.47. The van der Waals surface area contributed by atoms with Gasteiger partial charge in [-0.15, -0.1) is 0 Å². The van der Waals surface area contributed by atoms with Gasteiger partial charge in [-0.05, 0) is 52.0 Å². The van der Waals surface area contributed by atoms with E-state index in [1.54, 1.807) is 7.11 Å². The highest BCUT2D eigenvalue weighted by atomic mass is 16.5. The Labute approximate surface area is 124 Å². The molecule has 116 valence electrons. The minimum atomic E-state index is 0.00347. The number of methoxy groups -OCH3 is 1. The van der Waals surface area contributed by atoms with Crippen LogP contribution in [0.2, 0.25) is 0 Å². The average Bonchev–Trinajstić information content (AvgIpc) is 2.43. The minimum absolute atomic E-state index is 0.00347. The molecule has 0 aromatic heterocycles. The number of hydrogen-bond donors (Lipinski definition) is 1. The van der Waals surface area contributed by atoms with Gasteiger partial charge < -0.3 is 14.7 Å². The summed E-state index contributed by atoms with van der Waals surface area (Å²) in [6.45, 7) is 2.13. The summed E-state index contributed by atoms with van der Waals surface area (Å²) < 4.78 is 4.91. The predicted molar refractivity (Wildman–Crippen MR) is 86.2 cm³/mol. The van der Waals surface area contributed by atoms with E-state index in [0.29, 0.717) is 5.92 Å². The summed E-state index contributed by atoms with van der Waals surface area (Å²) in [4.78, 5) is 2.00. The second-order valence-electron chi connectivity index (χ2n) is 5.69. The van der Waals surface area contributed by atoms with Crippen LogP contribution >= 0.6 is 0 Å². The van der Waals surface area contributed by atoms with Crippen LogP contribution in [0.15, 0.2) is 30.3 Å². The predicted octanol–water partition coefficient (Wildman–Crippen LogP) is 3.43. The van der Waals surface area contributed by atoms with Crippen molar-refractivity contribution in [1.82, 2.24) is 4.90 Å². The van der Waals surface area contributed by atoms with E-state index in [2.05, 4.69) is 6.92 Å². The Hall–Kier alpha value is -1.06. The van der Waals surface area contributed by atoms with Gasteiger partial charge in [0.05, 0.1) is 13.2 Å². The Balaban J connectivity index is 0.000000289. The van der Waals surface area contributed by atoms with E-state index in [1.807, 2.05) is 56.4 Å². The number of para-hydroxylation sites is 1. The molecule has 0 heterocycles. The first-order chi connectivity index (χ1) is 9.47. The highest BCUT2D eigenvalue weighted by Gasteiger charge is 2.17. The fraction of sp³-hybridized carbons (Fsp3) is 0.647. The number of hydrogen-bond acceptors (Lipinski definition) is 3. The molecule has 0 aliphatic heterocycles. The highest BCUT2D eigenvalue weighted by molar-refractivity contribution is 5.20. The van der Waals surface area contributed by atoms with Gasteiger partial charge in [0.15, 0.2) is 0 Å². The van der Waals surface area contributed by atoms with Crippen molar-refractivity contribution in [2.75, 3.05) is 28.3 Å². The highest BCUT2D eigenvalue weighted by Crippen LogP contribution is 2.22. The molecule has 3 heteroatoms. The molecule has 1 aromatic rings. The molecule has 1 fully saturated rings. The Morgan fingerprint density at radius 1 is 1.05 bits per heavy atom. The van der Waals surface area contributed by atoms with Gasteiger partial charge in [0.25, 0.3) is 0 Å². The van der Waals surface area contributed by atoms with Crippen LogP contribution in [-0.2, 0) is 0 Å². The Kier molecular flexibility index (Phi) is 11.1. The van der Waals surface area contributed by atoms with Crippen molar-refractivity contribution in [3.63, 3.8) is 0 Å². The third-order valence-electron chi connectivity index (χ3n) is 3.05. The van der Waals surface area contributed by atoms with Gasteiger partial charge in [0.2, 0.25) is 0 Å². The van der Waals surface area contributed by atoms with Crippen LogP contribution < -0.4 is 4.74 Å². The van der Waals surface area contributed by atoms with E-state index in [0.717, 1.165) is 12.2 Å². The molecule has 2 atom stereocenters. The van der Waals surface area contributed by atoms with E-state index in [9.17, 15) is 5.11 Å². The van der Waals surface area contributed by atoms with E-state index in [4.69, 9.17) is 4.74 Å². The van der Waals surface area contributed by atoms with Crippen molar-refractivity contribution in [3.8, 4) is 5.75 Å². The zero-order valence-electron chi connectivity index (χ0n) is 13.7. The van der Waals surface area contributed by atoms with Gasteiger partial charge in [-0.25, -0.2) is 0 Å². The van der Waals surface area contributed by atoms with Crippen LogP contribution in [0.4, 0.5) is 0 Å². The smallest absolute Gasteiger partial charge is 0.118 e. The fourth-order valence-electron chi connectivity index (χ4n) is 1.85. The van der Waals surface area contributed by atoms with E-state index < -0.39 is 0 Å². The van der Waals surface area contributed by atoms with Gasteiger partial charge in [0.1, 0.15) is 5.75 Å². The summed E-state index contributed by atoms with van der Waals surface area (Å²) >= 11 is 0. The number of aliphatic hydroxyl groups is 1. The lowest BCUT2D eigenvalue weighted by molar-refractivity contribution is 0.0793. The number of benzene rings is 1. The normalized spacial score (nSPS) is 21.1. The van der Waals surface area contributed by atoms with Crippen LogP contribution in [0, 0.1) is 5.92 Å². The van der Waals surface area contributed by atoms with E-state index in [1.165, 1.54) is 19.3 Å². The molecule has 1 aromatic carbocycles. The van der Waals surface area contributed by atoms with Gasteiger partial charge in [-0.2, -0.15) is 0 Å². The maximum Gasteiger partial charge on any atom is 0.118 e. The third kappa shape index (κ3) is 10.8. The lowest BCUT2D eigenvalue weighted by Crippen LogP contribution is -2.21. The van der Waals surface area contributed by atoms with Gasteiger partial charge in [0, 0.05) is 0 Å². The van der Waals surface area contributed by atoms with Crippen molar-refractivity contribution < 1.29 is 9.84 Å². The molecule has 20 heavy (non-hydrogen) atoms. The Morgan fingerprint density at radius 2 is 1.55 bits per heavy atom. The zero-order valence-corrected chi connectivity index (χ0v) is 13.7. The maximum absolute atomic E-state index is 9.18. The van der Waals surface area contributed by atoms with Gasteiger partial charge >= 0.3 is 0 Å². The molecular weight excluding hydrogens is 250 g/mol. The van der Waals surface area contributed by atoms with Crippen molar-refractivity contribution in [1.29, 1.82) is 0 Å². The summed E-state index contributed by atoms with van der Waals surface area (Å²) in [6.07, 6.45) is 4.80. The Morgan fingerprint density at radius 3 is 1.85 bits per heavy atom. The first-order valence-corrected chi connectivity index (χ1v) is 7.35. The SMILES string of the molecule is CC1CCCC[C@H]1O.CN(C)C.COc1ccccc1. The number of ether oxygens (including phenoxy) is 1. The molecule has 3 nitrogen and oxygen atoms in total. The Bertz CT molecular complexity index is 301. The third-order valence-corrected chi connectivity index (χ3v) is 3.05. The molecule has 0 radical (unpaired) electrons. The standard InChI is InChI=1S/C7H8O.C7H14O.C3H9N/c1-8-7-5-3-2-4-6-7;1-6-4-2-3-5-7(6)8;1-4(2)3/h2-6H,1H3;6-8H,2-5H2,1H3;1-3H3/t;6?,7-;/m.1./s1. The van der Waals surface area contributed by atoms with Crippen LogP contribution in [0.25, 0.3) is 0 Å². The van der Waals surface area contributed by atoms with Gasteiger partial charge in [-0.1, -0.05) is 38.0 Å². The van der Waals surface area contributed by atoms with Crippen LogP contribution in [0.3, 0.4) is 0 Å². The van der Waals surface area contributed by atoms with Crippen molar-refractivity contribution in [2.24, 2.45) is 5.92 Å². The quantitative estimate of drug-likeness (QED) is 0.856. The summed E-state index contributed by atoms with van der Waals surface area (Å²) in [5.41, 5.74) is 0. The number of rotatable bonds is 1. The molecule has 1 saturated carbocycles. The molecule has 1 unspecified atom stereocenters. The molecule has 0 spiro atoms. The van der Waals surface area contributed by atoms with Crippen molar-refractivity contribution in [3.05, 3.63) is 30.3 Å². The lowest BCUT2D eigenvalue weighted by atomic mass is 9.88. The van der Waals surface area contributed by atoms with Crippen LogP contribution in [-0.4, -0.2) is 44.4 Å². The van der Waals surface area contributed by atoms with E-state index >= 15 is 0 Å². The summed E-state index contributed by atoms with van der Waals surface area (Å²) in [5, 5.41) is 9.18. The molecule has 1 aliphatic carbocycles. The fourth-order valence-corrected chi connectivity index (χ4v) is 1.85. The van der Waals surface area contributed by atoms with Crippen LogP contribution in [0.5, 0.6) is 5.75 Å². The molecule has 0 bridgehead atoms. The minimum Gasteiger partial charge on any atom is -0.497 e. The monoisotopic (exact) mass is 281 g/mol. The topological polar surface area (TPSA) is 32.7 Å². The average molecular weight is 281 g/mol. The molecular formula is C17H31NO2. The van der Waals surface area contributed by atoms with Crippen molar-refractivity contribution in [2.45, 2.75) is 38.7 Å². The van der Waals surface area contributed by atoms with Gasteiger partial charge in [-0.3, -0.25) is 0 Å². The lowest BCUT2D eigenvalue weighted by Gasteiger charge is -2.23.